The van der Waals surface area contributed by atoms with Crippen molar-refractivity contribution in [2.75, 3.05) is 13.2 Å². The van der Waals surface area contributed by atoms with Gasteiger partial charge in [0.05, 0.1) is 0 Å². The fourth-order valence-electron chi connectivity index (χ4n) is 3.70. The molecule has 3 atom stereocenters. The van der Waals surface area contributed by atoms with Crippen molar-refractivity contribution in [2.45, 2.75) is 38.5 Å². The van der Waals surface area contributed by atoms with E-state index in [0.29, 0.717) is 24.5 Å². The Morgan fingerprint density at radius 3 is 2.55 bits per heavy atom. The number of hydrogen-bond donors (Lipinski definition) is 2. The molecule has 0 radical (unpaired) electrons. The van der Waals surface area contributed by atoms with Crippen LogP contribution in [-0.2, 0) is 20.8 Å². The van der Waals surface area contributed by atoms with Gasteiger partial charge in [-0.25, -0.2) is 4.39 Å². The van der Waals surface area contributed by atoms with Crippen molar-refractivity contribution in [3.05, 3.63) is 82.3 Å². The van der Waals surface area contributed by atoms with E-state index in [1.165, 1.54) is 12.1 Å². The van der Waals surface area contributed by atoms with Crippen LogP contribution in [0.2, 0.25) is 5.02 Å². The number of aliphatic hydroxyl groups is 1. The molecule has 1 heterocycles. The molecule has 1 aliphatic heterocycles. The summed E-state index contributed by atoms with van der Waals surface area (Å²) >= 11 is 6.05. The Labute approximate surface area is 186 Å². The van der Waals surface area contributed by atoms with E-state index in [1.807, 2.05) is 31.2 Å². The van der Waals surface area contributed by atoms with Crippen LogP contribution in [0, 0.1) is 11.7 Å². The summed E-state index contributed by atoms with van der Waals surface area (Å²) in [6, 6.07) is 13.4. The van der Waals surface area contributed by atoms with Gasteiger partial charge in [0.15, 0.2) is 5.76 Å². The molecule has 3 rings (SSSR count). The van der Waals surface area contributed by atoms with E-state index in [0.717, 1.165) is 11.1 Å². The van der Waals surface area contributed by atoms with Gasteiger partial charge in [-0.3, -0.25) is 4.79 Å². The van der Waals surface area contributed by atoms with Gasteiger partial charge in [-0.2, -0.15) is 0 Å². The molecule has 0 fully saturated rings. The Balaban J connectivity index is 1.83. The third-order valence-corrected chi connectivity index (χ3v) is 5.51. The number of halogens is 2. The molecule has 2 aromatic carbocycles. The first-order valence-corrected chi connectivity index (χ1v) is 10.8. The number of ether oxygens (including phenoxy) is 2. The second-order valence-corrected chi connectivity index (χ2v) is 7.83. The van der Waals surface area contributed by atoms with E-state index in [-0.39, 0.29) is 42.5 Å². The molecule has 5 nitrogen and oxygen atoms in total. The predicted octanol–water partition coefficient (Wildman–Crippen LogP) is 4.54. The van der Waals surface area contributed by atoms with Crippen molar-refractivity contribution in [2.24, 2.45) is 5.92 Å². The summed E-state index contributed by atoms with van der Waals surface area (Å²) in [6.45, 7) is 2.62. The van der Waals surface area contributed by atoms with E-state index in [4.69, 9.17) is 21.1 Å². The summed E-state index contributed by atoms with van der Waals surface area (Å²) in [5, 5.41) is 12.8. The third-order valence-electron chi connectivity index (χ3n) is 5.26. The lowest BCUT2D eigenvalue weighted by molar-refractivity contribution is -0.166. The van der Waals surface area contributed by atoms with E-state index in [2.05, 4.69) is 5.32 Å². The summed E-state index contributed by atoms with van der Waals surface area (Å²) in [5.41, 5.74) is 1.77. The van der Waals surface area contributed by atoms with Crippen LogP contribution in [0.4, 0.5) is 4.39 Å². The molecule has 0 saturated heterocycles. The average molecular weight is 448 g/mol. The summed E-state index contributed by atoms with van der Waals surface area (Å²) < 4.78 is 24.9. The smallest absolute Gasteiger partial charge is 0.286 e. The monoisotopic (exact) mass is 447 g/mol. The van der Waals surface area contributed by atoms with Gasteiger partial charge in [-0.1, -0.05) is 35.9 Å². The van der Waals surface area contributed by atoms with Crippen molar-refractivity contribution >= 4 is 17.5 Å². The third kappa shape index (κ3) is 6.29. The highest BCUT2D eigenvalue weighted by Crippen LogP contribution is 2.39. The van der Waals surface area contributed by atoms with Crippen molar-refractivity contribution in [1.29, 1.82) is 0 Å². The van der Waals surface area contributed by atoms with Crippen LogP contribution in [0.15, 0.2) is 60.4 Å². The number of benzene rings is 2. The standard InChI is InChI=1S/C24H27ClFNO4/c1-2-30-24-20(4-3-13-28)21(17-7-9-18(25)10-8-17)14-22(31-24)23(29)27-15-16-5-11-19(26)12-6-16/h5-12,14,20-21,24,28H,2-4,13,15H2,1H3,(H,27,29)/t20-,21+,24+/m0/s1. The highest BCUT2D eigenvalue weighted by Gasteiger charge is 2.37. The zero-order chi connectivity index (χ0) is 22.2. The number of aliphatic hydroxyl groups excluding tert-OH is 1. The largest absolute Gasteiger partial charge is 0.459 e. The number of nitrogens with one attached hydrogen (secondary N) is 1. The summed E-state index contributed by atoms with van der Waals surface area (Å²) in [7, 11) is 0. The Bertz CT molecular complexity index is 885. The first-order chi connectivity index (χ1) is 15.0. The summed E-state index contributed by atoms with van der Waals surface area (Å²) in [5.74, 6) is -0.718. The van der Waals surface area contributed by atoms with Gasteiger partial charge in [0.2, 0.25) is 6.29 Å². The number of allylic oxidation sites excluding steroid dienone is 1. The molecule has 0 spiro atoms. The molecule has 2 N–H and O–H groups in total. The van der Waals surface area contributed by atoms with Crippen LogP contribution in [0.3, 0.4) is 0 Å². The topological polar surface area (TPSA) is 67.8 Å². The highest BCUT2D eigenvalue weighted by atomic mass is 35.5. The molecule has 0 bridgehead atoms. The molecule has 2 aromatic rings. The molecule has 0 saturated carbocycles. The van der Waals surface area contributed by atoms with Gasteiger partial charge in [-0.15, -0.1) is 0 Å². The quantitative estimate of drug-likeness (QED) is 0.592. The van der Waals surface area contributed by atoms with Crippen molar-refractivity contribution < 1.29 is 23.8 Å². The number of carbonyl (C=O) groups excluding carboxylic acids is 1. The summed E-state index contributed by atoms with van der Waals surface area (Å²) in [6.07, 6.45) is 2.46. The predicted molar refractivity (Wildman–Crippen MR) is 117 cm³/mol. The van der Waals surface area contributed by atoms with Crippen molar-refractivity contribution in [3.8, 4) is 0 Å². The minimum atomic E-state index is -0.617. The van der Waals surface area contributed by atoms with Crippen LogP contribution in [-0.4, -0.2) is 30.5 Å². The van der Waals surface area contributed by atoms with Crippen LogP contribution >= 0.6 is 11.6 Å². The Morgan fingerprint density at radius 2 is 1.90 bits per heavy atom. The maximum Gasteiger partial charge on any atom is 0.286 e. The average Bonchev–Trinajstić information content (AvgIpc) is 2.78. The second-order valence-electron chi connectivity index (χ2n) is 7.39. The van der Waals surface area contributed by atoms with Gasteiger partial charge in [-0.05, 0) is 61.2 Å². The Kier molecular flexibility index (Phi) is 8.46. The lowest BCUT2D eigenvalue weighted by atomic mass is 9.80. The molecule has 0 aliphatic carbocycles. The van der Waals surface area contributed by atoms with Gasteiger partial charge in [0, 0.05) is 36.6 Å². The van der Waals surface area contributed by atoms with Crippen LogP contribution in [0.5, 0.6) is 0 Å². The molecule has 1 aliphatic rings. The molecular formula is C24H27ClFNO4. The molecule has 0 unspecified atom stereocenters. The van der Waals surface area contributed by atoms with Crippen LogP contribution in [0.25, 0.3) is 0 Å². The lowest BCUT2D eigenvalue weighted by Gasteiger charge is -2.37. The summed E-state index contributed by atoms with van der Waals surface area (Å²) in [4.78, 5) is 12.8. The maximum atomic E-state index is 13.1. The highest BCUT2D eigenvalue weighted by molar-refractivity contribution is 6.30. The fourth-order valence-corrected chi connectivity index (χ4v) is 3.83. The first-order valence-electron chi connectivity index (χ1n) is 10.4. The van der Waals surface area contributed by atoms with Crippen LogP contribution in [0.1, 0.15) is 36.8 Å². The van der Waals surface area contributed by atoms with Crippen molar-refractivity contribution in [3.63, 3.8) is 0 Å². The Hall–Kier alpha value is -2.41. The number of hydrogen-bond acceptors (Lipinski definition) is 4. The number of rotatable bonds is 9. The minimum absolute atomic E-state index is 0.0669. The van der Waals surface area contributed by atoms with Crippen molar-refractivity contribution in [1.82, 2.24) is 5.32 Å². The van der Waals surface area contributed by atoms with Gasteiger partial charge in [0.25, 0.3) is 5.91 Å². The van der Waals surface area contributed by atoms with Crippen LogP contribution < -0.4 is 5.32 Å². The zero-order valence-electron chi connectivity index (χ0n) is 17.4. The van der Waals surface area contributed by atoms with E-state index in [1.54, 1.807) is 18.2 Å². The second kappa shape index (κ2) is 11.3. The van der Waals surface area contributed by atoms with Gasteiger partial charge in [0.1, 0.15) is 5.82 Å². The molecule has 0 aromatic heterocycles. The minimum Gasteiger partial charge on any atom is -0.459 e. The Morgan fingerprint density at radius 1 is 1.19 bits per heavy atom. The van der Waals surface area contributed by atoms with E-state index < -0.39 is 6.29 Å². The zero-order valence-corrected chi connectivity index (χ0v) is 18.1. The van der Waals surface area contributed by atoms with E-state index >= 15 is 0 Å². The fraction of sp³-hybridized carbons (Fsp3) is 0.375. The first kappa shape index (κ1) is 23.3. The SMILES string of the molecule is CCO[C@@H]1OC(C(=O)NCc2ccc(F)cc2)=C[C@H](c2ccc(Cl)cc2)[C@@H]1CCCO. The number of amides is 1. The molecule has 166 valence electrons. The van der Waals surface area contributed by atoms with Gasteiger partial charge >= 0.3 is 0 Å². The number of carbonyl (C=O) groups is 1. The van der Waals surface area contributed by atoms with E-state index in [9.17, 15) is 14.3 Å². The molecule has 1 amide bonds. The molecule has 7 heteroatoms. The van der Waals surface area contributed by atoms with Gasteiger partial charge < -0.3 is 19.9 Å². The lowest BCUT2D eigenvalue weighted by Crippen LogP contribution is -2.39. The normalized spacial score (nSPS) is 20.6. The molecule has 31 heavy (non-hydrogen) atoms. The maximum absolute atomic E-state index is 13.1. The molecular weight excluding hydrogens is 421 g/mol.